The van der Waals surface area contributed by atoms with Crippen LogP contribution in [0.5, 0.6) is 0 Å². The van der Waals surface area contributed by atoms with Gasteiger partial charge in [-0.3, -0.25) is 19.8 Å². The van der Waals surface area contributed by atoms with Crippen LogP contribution in [0.4, 0.5) is 10.1 Å². The van der Waals surface area contributed by atoms with Gasteiger partial charge in [0, 0.05) is 24.7 Å². The van der Waals surface area contributed by atoms with E-state index < -0.39 is 22.4 Å². The summed E-state index contributed by atoms with van der Waals surface area (Å²) in [6.07, 6.45) is -0.0512. The van der Waals surface area contributed by atoms with Crippen LogP contribution in [0, 0.1) is 15.9 Å². The summed E-state index contributed by atoms with van der Waals surface area (Å²) in [6.45, 7) is 2.78. The smallest absolute Gasteiger partial charge is 0.305 e. The molecule has 0 radical (unpaired) electrons. The molecule has 6 nitrogen and oxygen atoms in total. The number of rotatable bonds is 7. The molecule has 1 aromatic rings. The number of nitro groups is 1. The van der Waals surface area contributed by atoms with Crippen molar-refractivity contribution in [2.24, 2.45) is 0 Å². The van der Waals surface area contributed by atoms with E-state index in [1.807, 2.05) is 6.92 Å². The normalized spacial score (nSPS) is 10.7. The van der Waals surface area contributed by atoms with Gasteiger partial charge < -0.3 is 5.11 Å². The zero-order chi connectivity index (χ0) is 14.4. The van der Waals surface area contributed by atoms with E-state index >= 15 is 0 Å². The third-order valence-corrected chi connectivity index (χ3v) is 2.74. The molecule has 1 rings (SSSR count). The van der Waals surface area contributed by atoms with Gasteiger partial charge in [0.2, 0.25) is 5.82 Å². The Morgan fingerprint density at radius 2 is 2.21 bits per heavy atom. The van der Waals surface area contributed by atoms with Gasteiger partial charge in [-0.25, -0.2) is 0 Å². The van der Waals surface area contributed by atoms with Crippen molar-refractivity contribution in [1.82, 2.24) is 4.90 Å². The quantitative estimate of drug-likeness (QED) is 0.605. The van der Waals surface area contributed by atoms with E-state index in [1.165, 1.54) is 12.1 Å². The van der Waals surface area contributed by atoms with Gasteiger partial charge in [-0.15, -0.1) is 0 Å². The number of hydrogen-bond donors (Lipinski definition) is 1. The number of benzene rings is 1. The molecule has 1 aromatic carbocycles. The topological polar surface area (TPSA) is 83.7 Å². The van der Waals surface area contributed by atoms with E-state index in [2.05, 4.69) is 0 Å². The van der Waals surface area contributed by atoms with Crippen molar-refractivity contribution < 1.29 is 19.2 Å². The Labute approximate surface area is 109 Å². The Kier molecular flexibility index (Phi) is 5.37. The van der Waals surface area contributed by atoms with Crippen molar-refractivity contribution in [3.63, 3.8) is 0 Å². The van der Waals surface area contributed by atoms with Crippen molar-refractivity contribution in [2.45, 2.75) is 19.9 Å². The van der Waals surface area contributed by atoms with E-state index in [-0.39, 0.29) is 25.1 Å². The fourth-order valence-corrected chi connectivity index (χ4v) is 1.67. The molecule has 7 heteroatoms. The number of nitrogens with zero attached hydrogens (tertiary/aromatic N) is 2. The first-order chi connectivity index (χ1) is 8.95. The predicted octanol–water partition coefficient (Wildman–Crippen LogP) is 2.03. The van der Waals surface area contributed by atoms with Gasteiger partial charge in [-0.05, 0) is 6.54 Å². The number of carbonyl (C=O) groups is 1. The monoisotopic (exact) mass is 270 g/mol. The lowest BCUT2D eigenvalue weighted by Crippen LogP contribution is -2.26. The van der Waals surface area contributed by atoms with Gasteiger partial charge in [0.1, 0.15) is 0 Å². The first-order valence-electron chi connectivity index (χ1n) is 5.81. The third-order valence-electron chi connectivity index (χ3n) is 2.74. The lowest BCUT2D eigenvalue weighted by atomic mass is 10.1. The zero-order valence-electron chi connectivity index (χ0n) is 10.5. The van der Waals surface area contributed by atoms with Gasteiger partial charge in [0.25, 0.3) is 0 Å². The summed E-state index contributed by atoms with van der Waals surface area (Å²) in [5, 5.41) is 19.2. The predicted molar refractivity (Wildman–Crippen MR) is 66.3 cm³/mol. The van der Waals surface area contributed by atoms with E-state index in [0.717, 1.165) is 6.07 Å². The molecule has 0 saturated carbocycles. The largest absolute Gasteiger partial charge is 0.481 e. The van der Waals surface area contributed by atoms with Crippen LogP contribution in [-0.4, -0.2) is 34.0 Å². The van der Waals surface area contributed by atoms with E-state index in [1.54, 1.807) is 4.90 Å². The first kappa shape index (κ1) is 15.0. The van der Waals surface area contributed by atoms with Crippen LogP contribution in [0.1, 0.15) is 18.9 Å². The van der Waals surface area contributed by atoms with Crippen molar-refractivity contribution in [2.75, 3.05) is 13.1 Å². The average Bonchev–Trinajstić information content (AvgIpc) is 2.35. The molecule has 0 aliphatic carbocycles. The van der Waals surface area contributed by atoms with Crippen molar-refractivity contribution >= 4 is 11.7 Å². The highest BCUT2D eigenvalue weighted by Crippen LogP contribution is 2.21. The molecule has 0 unspecified atom stereocenters. The molecule has 0 amide bonds. The molecule has 0 spiro atoms. The highest BCUT2D eigenvalue weighted by atomic mass is 19.1. The molecule has 0 heterocycles. The molecule has 0 aromatic heterocycles. The lowest BCUT2D eigenvalue weighted by Gasteiger charge is -2.19. The molecular weight excluding hydrogens is 255 g/mol. The molecular formula is C12H15FN2O4. The van der Waals surface area contributed by atoms with Gasteiger partial charge in [0.05, 0.1) is 11.3 Å². The molecule has 1 N–H and O–H groups in total. The Hall–Kier alpha value is -2.02. The summed E-state index contributed by atoms with van der Waals surface area (Å²) in [7, 11) is 0. The number of halogens is 1. The first-order valence-corrected chi connectivity index (χ1v) is 5.81. The Balaban J connectivity index is 2.82. The maximum absolute atomic E-state index is 13.8. The second kappa shape index (κ2) is 6.79. The van der Waals surface area contributed by atoms with Gasteiger partial charge in [-0.1, -0.05) is 19.1 Å². The number of hydrogen-bond acceptors (Lipinski definition) is 4. The highest BCUT2D eigenvalue weighted by Gasteiger charge is 2.18. The second-order valence-electron chi connectivity index (χ2n) is 4.02. The maximum Gasteiger partial charge on any atom is 0.305 e. The summed E-state index contributed by atoms with van der Waals surface area (Å²) in [6, 6.07) is 3.99. The van der Waals surface area contributed by atoms with Gasteiger partial charge >= 0.3 is 11.7 Å². The molecule has 0 bridgehead atoms. The Bertz CT molecular complexity index is 479. The van der Waals surface area contributed by atoms with Crippen LogP contribution in [0.3, 0.4) is 0 Å². The Morgan fingerprint density at radius 1 is 1.53 bits per heavy atom. The van der Waals surface area contributed by atoms with Crippen molar-refractivity contribution in [3.8, 4) is 0 Å². The number of carboxylic acid groups (broad SMARTS) is 1. The number of nitro benzene ring substituents is 1. The van der Waals surface area contributed by atoms with Crippen LogP contribution in [0.25, 0.3) is 0 Å². The fourth-order valence-electron chi connectivity index (χ4n) is 1.67. The Morgan fingerprint density at radius 3 is 2.74 bits per heavy atom. The summed E-state index contributed by atoms with van der Waals surface area (Å²) >= 11 is 0. The molecule has 0 aliphatic heterocycles. The van der Waals surface area contributed by atoms with Crippen LogP contribution >= 0.6 is 0 Å². The zero-order valence-corrected chi connectivity index (χ0v) is 10.5. The van der Waals surface area contributed by atoms with E-state index in [9.17, 15) is 19.3 Å². The molecule has 0 fully saturated rings. The SMILES string of the molecule is CCN(CCC(=O)O)Cc1cccc([N+](=O)[O-])c1F. The van der Waals surface area contributed by atoms with Gasteiger partial charge in [-0.2, -0.15) is 4.39 Å². The summed E-state index contributed by atoms with van der Waals surface area (Å²) in [4.78, 5) is 22.1. The number of carboxylic acids is 1. The molecule has 19 heavy (non-hydrogen) atoms. The van der Waals surface area contributed by atoms with Crippen LogP contribution < -0.4 is 0 Å². The standard InChI is InChI=1S/C12H15FN2O4/c1-2-14(7-6-11(16)17)8-9-4-3-5-10(12(9)13)15(18)19/h3-5H,2,6-8H2,1H3,(H,16,17). The van der Waals surface area contributed by atoms with E-state index in [0.29, 0.717) is 6.54 Å². The van der Waals surface area contributed by atoms with Crippen molar-refractivity contribution in [1.29, 1.82) is 0 Å². The number of aliphatic carboxylic acids is 1. The third kappa shape index (κ3) is 4.29. The van der Waals surface area contributed by atoms with Crippen LogP contribution in [0.2, 0.25) is 0 Å². The second-order valence-corrected chi connectivity index (χ2v) is 4.02. The van der Waals surface area contributed by atoms with Gasteiger partial charge in [0.15, 0.2) is 0 Å². The lowest BCUT2D eigenvalue weighted by molar-refractivity contribution is -0.387. The molecule has 0 atom stereocenters. The molecule has 0 saturated heterocycles. The van der Waals surface area contributed by atoms with Crippen molar-refractivity contribution in [3.05, 3.63) is 39.7 Å². The van der Waals surface area contributed by atoms with E-state index in [4.69, 9.17) is 5.11 Å². The summed E-state index contributed by atoms with van der Waals surface area (Å²) in [5.74, 6) is -1.79. The molecule has 0 aliphatic rings. The molecule has 104 valence electrons. The summed E-state index contributed by atoms with van der Waals surface area (Å²) < 4.78 is 13.8. The highest BCUT2D eigenvalue weighted by molar-refractivity contribution is 5.66. The van der Waals surface area contributed by atoms with Crippen LogP contribution in [-0.2, 0) is 11.3 Å². The average molecular weight is 270 g/mol. The minimum absolute atomic E-state index is 0.0512. The summed E-state index contributed by atoms with van der Waals surface area (Å²) in [5.41, 5.74) is -0.367. The fraction of sp³-hybridized carbons (Fsp3) is 0.417. The van der Waals surface area contributed by atoms with Crippen LogP contribution in [0.15, 0.2) is 18.2 Å². The maximum atomic E-state index is 13.8. The minimum atomic E-state index is -0.932. The minimum Gasteiger partial charge on any atom is -0.481 e.